The Morgan fingerprint density at radius 3 is 2.59 bits per heavy atom. The highest BCUT2D eigenvalue weighted by Gasteiger charge is 2.33. The van der Waals surface area contributed by atoms with E-state index in [0.717, 1.165) is 24.5 Å². The van der Waals surface area contributed by atoms with E-state index in [4.69, 9.17) is 0 Å². The van der Waals surface area contributed by atoms with Crippen LogP contribution < -0.4 is 10.9 Å². The lowest BCUT2D eigenvalue weighted by molar-refractivity contribution is -0.137. The SMILES string of the molecule is CBc1cnc2c(NCc3ccncc3)cc(-c3ccccc3C(F)(F)F)cn12. The van der Waals surface area contributed by atoms with E-state index in [2.05, 4.69) is 15.3 Å². The molecule has 146 valence electrons. The predicted octanol–water partition coefficient (Wildman–Crippen LogP) is 4.14. The molecule has 0 bridgehead atoms. The molecule has 0 spiro atoms. The van der Waals surface area contributed by atoms with Crippen molar-refractivity contribution < 1.29 is 13.2 Å². The minimum atomic E-state index is -4.43. The molecule has 0 saturated heterocycles. The van der Waals surface area contributed by atoms with Crippen LogP contribution in [0.25, 0.3) is 16.8 Å². The maximum absolute atomic E-state index is 13.6. The number of rotatable bonds is 5. The van der Waals surface area contributed by atoms with Crippen LogP contribution >= 0.6 is 0 Å². The molecule has 0 fully saturated rings. The van der Waals surface area contributed by atoms with Gasteiger partial charge >= 0.3 is 6.18 Å². The third kappa shape index (κ3) is 3.83. The number of benzene rings is 1. The lowest BCUT2D eigenvalue weighted by atomic mass is 9.78. The number of hydrogen-bond acceptors (Lipinski definition) is 3. The Morgan fingerprint density at radius 2 is 1.86 bits per heavy atom. The Morgan fingerprint density at radius 1 is 1.10 bits per heavy atom. The molecule has 1 aromatic carbocycles. The van der Waals surface area contributed by atoms with Crippen LogP contribution in [0.5, 0.6) is 0 Å². The summed E-state index contributed by atoms with van der Waals surface area (Å²) in [6.07, 6.45) is 2.45. The van der Waals surface area contributed by atoms with Crippen LogP contribution in [-0.2, 0) is 12.7 Å². The number of alkyl halides is 3. The highest BCUT2D eigenvalue weighted by Crippen LogP contribution is 2.37. The van der Waals surface area contributed by atoms with Gasteiger partial charge in [-0.05, 0) is 35.4 Å². The Bertz CT molecular complexity index is 1140. The van der Waals surface area contributed by atoms with Gasteiger partial charge in [0.1, 0.15) is 0 Å². The summed E-state index contributed by atoms with van der Waals surface area (Å²) in [6, 6.07) is 11.1. The number of nitrogens with zero attached hydrogens (tertiary/aromatic N) is 3. The zero-order valence-electron chi connectivity index (χ0n) is 15.7. The first-order valence-electron chi connectivity index (χ1n) is 9.26. The quantitative estimate of drug-likeness (QED) is 0.518. The molecule has 4 aromatic rings. The first-order valence-corrected chi connectivity index (χ1v) is 9.26. The van der Waals surface area contributed by atoms with Crippen molar-refractivity contribution in [3.8, 4) is 11.1 Å². The standard InChI is InChI=1S/C21H18BF3N4/c1-22-19-12-28-20-18(27-11-14-6-8-26-9-7-14)10-15(13-29(19)20)16-4-2-3-5-17(16)21(23,24)25/h2-10,12-13,22,27H,11H2,1H3. The van der Waals surface area contributed by atoms with Gasteiger partial charge in [-0.15, -0.1) is 0 Å². The minimum Gasteiger partial charge on any atom is -0.378 e. The summed E-state index contributed by atoms with van der Waals surface area (Å²) in [5.74, 6) is 0. The first-order chi connectivity index (χ1) is 14.0. The molecular weight excluding hydrogens is 376 g/mol. The van der Waals surface area contributed by atoms with Gasteiger partial charge in [0, 0.05) is 42.5 Å². The fraction of sp³-hybridized carbons (Fsp3) is 0.143. The molecule has 0 radical (unpaired) electrons. The van der Waals surface area contributed by atoms with Crippen molar-refractivity contribution in [2.24, 2.45) is 0 Å². The number of nitrogens with one attached hydrogen (secondary N) is 1. The molecule has 29 heavy (non-hydrogen) atoms. The lowest BCUT2D eigenvalue weighted by Crippen LogP contribution is -2.17. The predicted molar refractivity (Wildman–Crippen MR) is 110 cm³/mol. The summed E-state index contributed by atoms with van der Waals surface area (Å²) in [5, 5.41) is 3.32. The average Bonchev–Trinajstić information content (AvgIpc) is 3.15. The van der Waals surface area contributed by atoms with Crippen LogP contribution in [0.1, 0.15) is 11.1 Å². The van der Waals surface area contributed by atoms with Crippen LogP contribution in [0.3, 0.4) is 0 Å². The van der Waals surface area contributed by atoms with E-state index in [1.165, 1.54) is 12.1 Å². The molecule has 8 heteroatoms. The van der Waals surface area contributed by atoms with Crippen molar-refractivity contribution in [2.45, 2.75) is 19.5 Å². The maximum atomic E-state index is 13.6. The van der Waals surface area contributed by atoms with Crippen LogP contribution in [-0.4, -0.2) is 21.6 Å². The van der Waals surface area contributed by atoms with Gasteiger partial charge < -0.3 is 9.72 Å². The highest BCUT2D eigenvalue weighted by molar-refractivity contribution is 6.51. The summed E-state index contributed by atoms with van der Waals surface area (Å²) >= 11 is 0. The van der Waals surface area contributed by atoms with Crippen molar-refractivity contribution in [3.63, 3.8) is 0 Å². The minimum absolute atomic E-state index is 0.143. The fourth-order valence-corrected chi connectivity index (χ4v) is 3.35. The first kappa shape index (κ1) is 19.0. The Hall–Kier alpha value is -3.29. The largest absolute Gasteiger partial charge is 0.417 e. The van der Waals surface area contributed by atoms with E-state index >= 15 is 0 Å². The Labute approximate surface area is 166 Å². The van der Waals surface area contributed by atoms with Crippen LogP contribution in [0, 0.1) is 0 Å². The third-order valence-corrected chi connectivity index (χ3v) is 4.82. The third-order valence-electron chi connectivity index (χ3n) is 4.82. The number of aromatic nitrogens is 3. The van der Waals surface area contributed by atoms with Crippen molar-refractivity contribution in [2.75, 3.05) is 5.32 Å². The summed E-state index contributed by atoms with van der Waals surface area (Å²) in [5.41, 5.74) is 3.28. The second-order valence-electron chi connectivity index (χ2n) is 6.69. The van der Waals surface area contributed by atoms with E-state index in [1.54, 1.807) is 36.9 Å². The van der Waals surface area contributed by atoms with E-state index in [9.17, 15) is 13.2 Å². The maximum Gasteiger partial charge on any atom is 0.417 e. The Balaban J connectivity index is 1.84. The van der Waals surface area contributed by atoms with Crippen LogP contribution in [0.4, 0.5) is 18.9 Å². The smallest absolute Gasteiger partial charge is 0.378 e. The van der Waals surface area contributed by atoms with E-state index in [1.807, 2.05) is 23.4 Å². The van der Waals surface area contributed by atoms with Gasteiger partial charge in [-0.25, -0.2) is 4.98 Å². The molecule has 3 aromatic heterocycles. The normalized spacial score (nSPS) is 11.6. The molecule has 0 aliphatic rings. The van der Waals surface area contributed by atoms with Crippen molar-refractivity contribution in [1.29, 1.82) is 0 Å². The summed E-state index contributed by atoms with van der Waals surface area (Å²) < 4.78 is 42.5. The van der Waals surface area contributed by atoms with Gasteiger partial charge in [-0.3, -0.25) is 4.98 Å². The molecule has 1 N–H and O–H groups in total. The molecule has 4 nitrogen and oxygen atoms in total. The van der Waals surface area contributed by atoms with Gasteiger partial charge in [0.05, 0.1) is 11.3 Å². The molecule has 0 aliphatic heterocycles. The fourth-order valence-electron chi connectivity index (χ4n) is 3.35. The zero-order chi connectivity index (χ0) is 20.4. The number of anilines is 1. The number of fused-ring (bicyclic) bond motifs is 1. The zero-order valence-corrected chi connectivity index (χ0v) is 15.7. The van der Waals surface area contributed by atoms with Crippen LogP contribution in [0.2, 0.25) is 6.82 Å². The van der Waals surface area contributed by atoms with E-state index < -0.39 is 11.7 Å². The molecule has 0 aliphatic carbocycles. The summed E-state index contributed by atoms with van der Waals surface area (Å²) in [6.45, 7) is 2.50. The molecule has 0 amide bonds. The van der Waals surface area contributed by atoms with Crippen molar-refractivity contribution in [3.05, 3.63) is 78.4 Å². The second kappa shape index (κ2) is 7.62. The summed E-state index contributed by atoms with van der Waals surface area (Å²) in [7, 11) is 0.718. The molecular formula is C21H18BF3N4. The topological polar surface area (TPSA) is 42.2 Å². The average molecular weight is 394 g/mol. The molecule has 0 saturated carbocycles. The lowest BCUT2D eigenvalue weighted by Gasteiger charge is -2.16. The Kier molecular flexibility index (Phi) is 5.00. The van der Waals surface area contributed by atoms with E-state index in [0.29, 0.717) is 23.4 Å². The monoisotopic (exact) mass is 394 g/mol. The van der Waals surface area contributed by atoms with Crippen LogP contribution in [0.15, 0.2) is 67.3 Å². The van der Waals surface area contributed by atoms with E-state index in [-0.39, 0.29) is 5.56 Å². The van der Waals surface area contributed by atoms with Gasteiger partial charge in [0.15, 0.2) is 12.9 Å². The highest BCUT2D eigenvalue weighted by atomic mass is 19.4. The molecule has 4 rings (SSSR count). The van der Waals surface area contributed by atoms with Crippen molar-refractivity contribution >= 4 is 24.2 Å². The number of hydrogen-bond donors (Lipinski definition) is 1. The van der Waals surface area contributed by atoms with Gasteiger partial charge in [-0.2, -0.15) is 13.2 Å². The second-order valence-corrected chi connectivity index (χ2v) is 6.69. The number of halogens is 3. The molecule has 0 unspecified atom stereocenters. The van der Waals surface area contributed by atoms with Crippen molar-refractivity contribution in [1.82, 2.24) is 14.4 Å². The molecule has 0 atom stereocenters. The number of imidazole rings is 1. The van der Waals surface area contributed by atoms with Gasteiger partial charge in [-0.1, -0.05) is 25.0 Å². The van der Waals surface area contributed by atoms with Gasteiger partial charge in [0.25, 0.3) is 0 Å². The van der Waals surface area contributed by atoms with Gasteiger partial charge in [0.2, 0.25) is 0 Å². The summed E-state index contributed by atoms with van der Waals surface area (Å²) in [4.78, 5) is 8.47. The molecule has 3 heterocycles. The number of pyridine rings is 2.